The number of hydrogen-bond donors (Lipinski definition) is 1. The molecule has 1 aromatic heterocycles. The molecule has 0 aliphatic carbocycles. The number of anilines is 1. The van der Waals surface area contributed by atoms with E-state index in [1.54, 1.807) is 11.3 Å². The molecule has 0 amide bonds. The van der Waals surface area contributed by atoms with E-state index in [4.69, 9.17) is 9.47 Å². The van der Waals surface area contributed by atoms with Gasteiger partial charge in [0.15, 0.2) is 11.5 Å². The molecule has 5 heteroatoms. The summed E-state index contributed by atoms with van der Waals surface area (Å²) in [6.07, 6.45) is 0. The molecule has 0 saturated heterocycles. The van der Waals surface area contributed by atoms with Gasteiger partial charge < -0.3 is 14.8 Å². The van der Waals surface area contributed by atoms with Crippen molar-refractivity contribution in [1.82, 2.24) is 4.98 Å². The monoisotopic (exact) mass is 298 g/mol. The van der Waals surface area contributed by atoms with Gasteiger partial charge >= 0.3 is 0 Å². The molecular formula is C16H14N2O2S. The average Bonchev–Trinajstić information content (AvgIpc) is 3.13. The Balaban J connectivity index is 1.58. The summed E-state index contributed by atoms with van der Waals surface area (Å²) >= 11 is 1.72. The number of ether oxygens (including phenoxy) is 2. The normalized spacial score (nSPS) is 14.3. The van der Waals surface area contributed by atoms with E-state index >= 15 is 0 Å². The molecule has 0 radical (unpaired) electrons. The van der Waals surface area contributed by atoms with E-state index < -0.39 is 0 Å². The zero-order valence-electron chi connectivity index (χ0n) is 11.5. The zero-order valence-corrected chi connectivity index (χ0v) is 12.3. The van der Waals surface area contributed by atoms with Gasteiger partial charge in [-0.2, -0.15) is 0 Å². The maximum Gasteiger partial charge on any atom is 0.231 e. The first-order valence-electron chi connectivity index (χ1n) is 6.81. The lowest BCUT2D eigenvalue weighted by molar-refractivity contribution is 0.174. The number of hydrogen-bond acceptors (Lipinski definition) is 5. The molecule has 2 heterocycles. The number of nitrogens with one attached hydrogen (secondary N) is 1. The van der Waals surface area contributed by atoms with Crippen molar-refractivity contribution in [3.8, 4) is 11.5 Å². The van der Waals surface area contributed by atoms with E-state index in [0.29, 0.717) is 6.79 Å². The van der Waals surface area contributed by atoms with Gasteiger partial charge in [0.1, 0.15) is 5.01 Å². The number of fused-ring (bicyclic) bond motifs is 2. The Bertz CT molecular complexity index is 767. The minimum Gasteiger partial charge on any atom is -0.454 e. The molecule has 3 aromatic rings. The summed E-state index contributed by atoms with van der Waals surface area (Å²) in [6, 6.07) is 14.2. The lowest BCUT2D eigenvalue weighted by atomic mass is 10.2. The molecule has 21 heavy (non-hydrogen) atoms. The van der Waals surface area contributed by atoms with Crippen LogP contribution in [0.3, 0.4) is 0 Å². The molecule has 0 saturated carbocycles. The van der Waals surface area contributed by atoms with Crippen LogP contribution >= 0.6 is 11.3 Å². The van der Waals surface area contributed by atoms with Crippen molar-refractivity contribution < 1.29 is 9.47 Å². The number of benzene rings is 2. The lowest BCUT2D eigenvalue weighted by Crippen LogP contribution is -2.05. The molecule has 0 bridgehead atoms. The number of thiazole rings is 1. The molecule has 0 spiro atoms. The van der Waals surface area contributed by atoms with Gasteiger partial charge in [0.2, 0.25) is 6.79 Å². The predicted molar refractivity (Wildman–Crippen MR) is 84.2 cm³/mol. The van der Waals surface area contributed by atoms with Crippen molar-refractivity contribution >= 4 is 27.2 Å². The minimum absolute atomic E-state index is 0.141. The zero-order chi connectivity index (χ0) is 14.2. The van der Waals surface area contributed by atoms with Crippen LogP contribution in [0.25, 0.3) is 10.2 Å². The summed E-state index contributed by atoms with van der Waals surface area (Å²) in [7, 11) is 0. The maximum atomic E-state index is 5.40. The first-order valence-corrected chi connectivity index (χ1v) is 7.63. The van der Waals surface area contributed by atoms with Crippen LogP contribution in [0.1, 0.15) is 18.0 Å². The van der Waals surface area contributed by atoms with Crippen LogP contribution in [-0.2, 0) is 0 Å². The third-order valence-corrected chi connectivity index (χ3v) is 4.66. The smallest absolute Gasteiger partial charge is 0.231 e. The standard InChI is InChI=1S/C16H14N2O2S/c1-10(16-18-12-4-2-3-5-15(12)21-16)17-11-6-7-13-14(8-11)20-9-19-13/h2-8,10,17H,9H2,1H3. The van der Waals surface area contributed by atoms with Gasteiger partial charge in [-0.1, -0.05) is 12.1 Å². The fourth-order valence-electron chi connectivity index (χ4n) is 2.37. The van der Waals surface area contributed by atoms with Crippen LogP contribution in [0, 0.1) is 0 Å². The summed E-state index contributed by atoms with van der Waals surface area (Å²) in [5.41, 5.74) is 2.06. The lowest BCUT2D eigenvalue weighted by Gasteiger charge is -2.12. The molecule has 1 aliphatic rings. The van der Waals surface area contributed by atoms with Crippen molar-refractivity contribution in [2.24, 2.45) is 0 Å². The Morgan fingerprint density at radius 1 is 1.14 bits per heavy atom. The molecule has 2 aromatic carbocycles. The quantitative estimate of drug-likeness (QED) is 0.787. The molecule has 1 atom stereocenters. The van der Waals surface area contributed by atoms with Gasteiger partial charge in [0.25, 0.3) is 0 Å². The van der Waals surface area contributed by atoms with Gasteiger partial charge in [0.05, 0.1) is 16.3 Å². The van der Waals surface area contributed by atoms with Crippen molar-refractivity contribution in [2.45, 2.75) is 13.0 Å². The Morgan fingerprint density at radius 2 is 2.00 bits per heavy atom. The van der Waals surface area contributed by atoms with Crippen LogP contribution in [0.5, 0.6) is 11.5 Å². The highest BCUT2D eigenvalue weighted by atomic mass is 32.1. The average molecular weight is 298 g/mol. The highest BCUT2D eigenvalue weighted by Crippen LogP contribution is 2.35. The van der Waals surface area contributed by atoms with E-state index in [-0.39, 0.29) is 6.04 Å². The molecule has 1 aliphatic heterocycles. The summed E-state index contributed by atoms with van der Waals surface area (Å²) in [5.74, 6) is 1.59. The molecule has 4 nitrogen and oxygen atoms in total. The van der Waals surface area contributed by atoms with Gasteiger partial charge in [0, 0.05) is 11.8 Å². The molecule has 1 unspecified atom stereocenters. The van der Waals surface area contributed by atoms with Crippen molar-refractivity contribution in [2.75, 3.05) is 12.1 Å². The SMILES string of the molecule is CC(Nc1ccc2c(c1)OCO2)c1nc2ccccc2s1. The van der Waals surface area contributed by atoms with Gasteiger partial charge in [-0.25, -0.2) is 4.98 Å². The number of rotatable bonds is 3. The maximum absolute atomic E-state index is 5.40. The number of aromatic nitrogens is 1. The Labute approximate surface area is 126 Å². The van der Waals surface area contributed by atoms with Crippen LogP contribution in [-0.4, -0.2) is 11.8 Å². The highest BCUT2D eigenvalue weighted by molar-refractivity contribution is 7.18. The number of para-hydroxylation sites is 1. The third kappa shape index (κ3) is 2.29. The Hall–Kier alpha value is -2.27. The first-order chi connectivity index (χ1) is 10.3. The van der Waals surface area contributed by atoms with Gasteiger partial charge in [-0.05, 0) is 31.2 Å². The van der Waals surface area contributed by atoms with Crippen molar-refractivity contribution in [3.05, 3.63) is 47.5 Å². The van der Waals surface area contributed by atoms with E-state index in [1.807, 2.05) is 36.4 Å². The molecule has 0 fully saturated rings. The van der Waals surface area contributed by atoms with Crippen LogP contribution in [0.15, 0.2) is 42.5 Å². The molecule has 1 N–H and O–H groups in total. The van der Waals surface area contributed by atoms with E-state index in [2.05, 4.69) is 23.3 Å². The summed E-state index contributed by atoms with van der Waals surface area (Å²) in [6.45, 7) is 2.41. The van der Waals surface area contributed by atoms with Crippen molar-refractivity contribution in [3.63, 3.8) is 0 Å². The second kappa shape index (κ2) is 4.93. The Morgan fingerprint density at radius 3 is 2.90 bits per heavy atom. The van der Waals surface area contributed by atoms with E-state index in [0.717, 1.165) is 27.7 Å². The molecule has 4 rings (SSSR count). The van der Waals surface area contributed by atoms with E-state index in [9.17, 15) is 0 Å². The van der Waals surface area contributed by atoms with Crippen LogP contribution in [0.2, 0.25) is 0 Å². The van der Waals surface area contributed by atoms with Crippen molar-refractivity contribution in [1.29, 1.82) is 0 Å². The summed E-state index contributed by atoms with van der Waals surface area (Å²) < 4.78 is 11.9. The second-order valence-corrected chi connectivity index (χ2v) is 6.02. The van der Waals surface area contributed by atoms with Crippen LogP contribution < -0.4 is 14.8 Å². The fourth-order valence-corrected chi connectivity index (χ4v) is 3.34. The Kier molecular flexibility index (Phi) is 2.93. The van der Waals surface area contributed by atoms with Gasteiger partial charge in [-0.3, -0.25) is 0 Å². The summed E-state index contributed by atoms with van der Waals surface area (Å²) in [5, 5.41) is 4.54. The number of nitrogens with zero attached hydrogens (tertiary/aromatic N) is 1. The van der Waals surface area contributed by atoms with E-state index in [1.165, 1.54) is 4.70 Å². The summed E-state index contributed by atoms with van der Waals surface area (Å²) in [4.78, 5) is 4.68. The third-order valence-electron chi connectivity index (χ3n) is 3.44. The second-order valence-electron chi connectivity index (χ2n) is 4.95. The fraction of sp³-hybridized carbons (Fsp3) is 0.188. The predicted octanol–water partition coefficient (Wildman–Crippen LogP) is 4.20. The molecular weight excluding hydrogens is 284 g/mol. The highest BCUT2D eigenvalue weighted by Gasteiger charge is 2.15. The largest absolute Gasteiger partial charge is 0.454 e. The minimum atomic E-state index is 0.141. The topological polar surface area (TPSA) is 43.4 Å². The van der Waals surface area contributed by atoms with Crippen LogP contribution in [0.4, 0.5) is 5.69 Å². The molecule has 106 valence electrons. The first kappa shape index (κ1) is 12.5. The van der Waals surface area contributed by atoms with Gasteiger partial charge in [-0.15, -0.1) is 11.3 Å².